The third-order valence-corrected chi connectivity index (χ3v) is 4.99. The average Bonchev–Trinajstić information content (AvgIpc) is 3.04. The molecule has 1 saturated heterocycles. The number of carbonyl (C=O) groups excluding carboxylic acids is 1. The van der Waals surface area contributed by atoms with Crippen LogP contribution >= 0.6 is 0 Å². The largest absolute Gasteiger partial charge is 0.469 e. The molecule has 21 heavy (non-hydrogen) atoms. The lowest BCUT2D eigenvalue weighted by atomic mass is 9.81. The summed E-state index contributed by atoms with van der Waals surface area (Å²) in [6.45, 7) is 5.32. The maximum Gasteiger partial charge on any atom is 0.313 e. The van der Waals surface area contributed by atoms with E-state index in [1.807, 2.05) is 6.92 Å². The third kappa shape index (κ3) is 2.13. The van der Waals surface area contributed by atoms with Gasteiger partial charge in [0.25, 0.3) is 0 Å². The van der Waals surface area contributed by atoms with Crippen LogP contribution in [0.2, 0.25) is 0 Å². The summed E-state index contributed by atoms with van der Waals surface area (Å²) in [6, 6.07) is 0. The van der Waals surface area contributed by atoms with E-state index in [4.69, 9.17) is 10.5 Å². The highest BCUT2D eigenvalue weighted by Crippen LogP contribution is 2.38. The summed E-state index contributed by atoms with van der Waals surface area (Å²) < 4.78 is 4.96. The van der Waals surface area contributed by atoms with Gasteiger partial charge in [0.15, 0.2) is 0 Å². The summed E-state index contributed by atoms with van der Waals surface area (Å²) in [6.07, 6.45) is 3.03. The van der Waals surface area contributed by atoms with Crippen molar-refractivity contribution in [3.8, 4) is 0 Å². The monoisotopic (exact) mass is 290 g/mol. The Balaban J connectivity index is 1.90. The van der Waals surface area contributed by atoms with Gasteiger partial charge in [-0.1, -0.05) is 6.92 Å². The van der Waals surface area contributed by atoms with Gasteiger partial charge < -0.3 is 15.4 Å². The number of ether oxygens (including phenoxy) is 1. The van der Waals surface area contributed by atoms with Crippen molar-refractivity contribution in [3.05, 3.63) is 11.3 Å². The minimum Gasteiger partial charge on any atom is -0.469 e. The number of rotatable bonds is 2. The molecule has 0 unspecified atom stereocenters. The van der Waals surface area contributed by atoms with E-state index in [0.717, 1.165) is 37.1 Å². The molecule has 1 aromatic heterocycles. The number of esters is 1. The van der Waals surface area contributed by atoms with Crippen molar-refractivity contribution in [1.82, 2.24) is 9.97 Å². The summed E-state index contributed by atoms with van der Waals surface area (Å²) in [7, 11) is 1.44. The Morgan fingerprint density at radius 1 is 1.43 bits per heavy atom. The van der Waals surface area contributed by atoms with Crippen LogP contribution in [-0.4, -0.2) is 36.1 Å². The second-order valence-electron chi connectivity index (χ2n) is 6.38. The molecule has 1 aromatic rings. The average molecular weight is 290 g/mol. The molecule has 2 aliphatic rings. The molecule has 1 fully saturated rings. The lowest BCUT2D eigenvalue weighted by molar-refractivity contribution is -0.152. The number of nitrogens with two attached hydrogens (primary N) is 1. The highest BCUT2D eigenvalue weighted by molar-refractivity contribution is 5.78. The van der Waals surface area contributed by atoms with Crippen LogP contribution in [0.4, 0.5) is 11.8 Å². The van der Waals surface area contributed by atoms with Gasteiger partial charge in [-0.15, -0.1) is 0 Å². The first-order valence-corrected chi connectivity index (χ1v) is 7.44. The number of methoxy groups -OCH3 is 1. The Kier molecular flexibility index (Phi) is 3.26. The normalized spacial score (nSPS) is 27.8. The minimum absolute atomic E-state index is 0.174. The molecule has 6 heteroatoms. The van der Waals surface area contributed by atoms with E-state index in [9.17, 15) is 4.79 Å². The van der Waals surface area contributed by atoms with Crippen molar-refractivity contribution in [2.75, 3.05) is 30.8 Å². The van der Waals surface area contributed by atoms with Crippen LogP contribution in [0.25, 0.3) is 0 Å². The Bertz CT molecular complexity index is 589. The van der Waals surface area contributed by atoms with Crippen LogP contribution < -0.4 is 10.6 Å². The molecule has 0 aromatic carbocycles. The lowest BCUT2D eigenvalue weighted by Crippen LogP contribution is -2.36. The number of nitrogen functional groups attached to an aromatic ring is 1. The standard InChI is InChI=1S/C15H22N4O2/c1-9-7-19(8-15(9,2)13(20)21-3)14-17-11-6-4-5-10(11)12(16)18-14/h9H,4-8H2,1-3H3,(H2,16,17,18)/t9-,15-/m0/s1. The van der Waals surface area contributed by atoms with E-state index in [0.29, 0.717) is 18.3 Å². The first-order chi connectivity index (χ1) is 9.95. The van der Waals surface area contributed by atoms with E-state index < -0.39 is 5.41 Å². The lowest BCUT2D eigenvalue weighted by Gasteiger charge is -2.24. The van der Waals surface area contributed by atoms with Gasteiger partial charge in [-0.05, 0) is 32.1 Å². The maximum absolute atomic E-state index is 12.1. The van der Waals surface area contributed by atoms with Crippen molar-refractivity contribution >= 4 is 17.7 Å². The van der Waals surface area contributed by atoms with Crippen LogP contribution in [0.3, 0.4) is 0 Å². The molecule has 0 saturated carbocycles. The molecule has 0 bridgehead atoms. The van der Waals surface area contributed by atoms with Crippen molar-refractivity contribution in [2.45, 2.75) is 33.1 Å². The van der Waals surface area contributed by atoms with Crippen LogP contribution in [0.1, 0.15) is 31.5 Å². The Morgan fingerprint density at radius 2 is 2.19 bits per heavy atom. The van der Waals surface area contributed by atoms with E-state index >= 15 is 0 Å². The number of anilines is 2. The topological polar surface area (TPSA) is 81.3 Å². The Labute approximate surface area is 124 Å². The molecule has 1 aliphatic heterocycles. The van der Waals surface area contributed by atoms with E-state index in [1.165, 1.54) is 7.11 Å². The van der Waals surface area contributed by atoms with Crippen molar-refractivity contribution in [3.63, 3.8) is 0 Å². The Morgan fingerprint density at radius 3 is 2.90 bits per heavy atom. The highest BCUT2D eigenvalue weighted by Gasteiger charge is 2.48. The molecule has 114 valence electrons. The zero-order valence-corrected chi connectivity index (χ0v) is 12.8. The predicted octanol–water partition coefficient (Wildman–Crippen LogP) is 1.18. The maximum atomic E-state index is 12.1. The van der Waals surface area contributed by atoms with Gasteiger partial charge in [-0.3, -0.25) is 4.79 Å². The molecule has 3 rings (SSSR count). The molecule has 2 atom stereocenters. The number of fused-ring (bicyclic) bond motifs is 1. The highest BCUT2D eigenvalue weighted by atomic mass is 16.5. The molecular formula is C15H22N4O2. The first-order valence-electron chi connectivity index (χ1n) is 7.44. The molecule has 0 radical (unpaired) electrons. The summed E-state index contributed by atoms with van der Waals surface area (Å²) >= 11 is 0. The van der Waals surface area contributed by atoms with Crippen LogP contribution in [0.5, 0.6) is 0 Å². The van der Waals surface area contributed by atoms with Gasteiger partial charge in [0.05, 0.1) is 18.2 Å². The van der Waals surface area contributed by atoms with Crippen molar-refractivity contribution in [2.24, 2.45) is 11.3 Å². The number of nitrogens with zero attached hydrogens (tertiary/aromatic N) is 3. The first kappa shape index (κ1) is 14.1. The SMILES string of the molecule is COC(=O)[C@@]1(C)CN(c2nc(N)c3c(n2)CCC3)C[C@@H]1C. The number of hydrogen-bond acceptors (Lipinski definition) is 6. The van der Waals surface area contributed by atoms with Crippen molar-refractivity contribution in [1.29, 1.82) is 0 Å². The van der Waals surface area contributed by atoms with Gasteiger partial charge in [0.1, 0.15) is 5.82 Å². The van der Waals surface area contributed by atoms with Crippen LogP contribution in [0.15, 0.2) is 0 Å². The molecule has 0 spiro atoms. The van der Waals surface area contributed by atoms with Gasteiger partial charge >= 0.3 is 5.97 Å². The number of aromatic nitrogens is 2. The minimum atomic E-state index is -0.522. The zero-order valence-electron chi connectivity index (χ0n) is 12.8. The van der Waals surface area contributed by atoms with E-state index in [-0.39, 0.29) is 11.9 Å². The zero-order chi connectivity index (χ0) is 15.2. The molecule has 2 heterocycles. The molecule has 0 amide bonds. The quantitative estimate of drug-likeness (QED) is 0.824. The Hall–Kier alpha value is -1.85. The third-order valence-electron chi connectivity index (χ3n) is 4.99. The fourth-order valence-electron chi connectivity index (χ4n) is 3.39. The molecule has 2 N–H and O–H groups in total. The summed E-state index contributed by atoms with van der Waals surface area (Å²) in [5.41, 5.74) is 7.70. The summed E-state index contributed by atoms with van der Waals surface area (Å²) in [5, 5.41) is 0. The van der Waals surface area contributed by atoms with Gasteiger partial charge in [-0.2, -0.15) is 4.98 Å². The van der Waals surface area contributed by atoms with Gasteiger partial charge in [-0.25, -0.2) is 4.98 Å². The fourth-order valence-corrected chi connectivity index (χ4v) is 3.39. The predicted molar refractivity (Wildman–Crippen MR) is 80.0 cm³/mol. The van der Waals surface area contributed by atoms with Gasteiger partial charge in [0.2, 0.25) is 5.95 Å². The van der Waals surface area contributed by atoms with E-state index in [1.54, 1.807) is 0 Å². The smallest absolute Gasteiger partial charge is 0.313 e. The second-order valence-corrected chi connectivity index (χ2v) is 6.38. The van der Waals surface area contributed by atoms with Crippen LogP contribution in [-0.2, 0) is 22.4 Å². The number of aryl methyl sites for hydroxylation is 1. The fraction of sp³-hybridized carbons (Fsp3) is 0.667. The molecule has 6 nitrogen and oxygen atoms in total. The number of hydrogen-bond donors (Lipinski definition) is 1. The van der Waals surface area contributed by atoms with E-state index in [2.05, 4.69) is 21.8 Å². The van der Waals surface area contributed by atoms with Crippen molar-refractivity contribution < 1.29 is 9.53 Å². The summed E-state index contributed by atoms with van der Waals surface area (Å²) in [4.78, 5) is 23.2. The summed E-state index contributed by atoms with van der Waals surface area (Å²) in [5.74, 6) is 1.24. The second kappa shape index (κ2) is 4.86. The number of carbonyl (C=O) groups is 1. The van der Waals surface area contributed by atoms with Gasteiger partial charge in [0, 0.05) is 18.7 Å². The van der Waals surface area contributed by atoms with Crippen LogP contribution in [0, 0.1) is 11.3 Å². The molecular weight excluding hydrogens is 268 g/mol. The molecule has 1 aliphatic carbocycles.